The van der Waals surface area contributed by atoms with E-state index in [0.717, 1.165) is 5.56 Å². The molecule has 8 heteroatoms. The van der Waals surface area contributed by atoms with Crippen molar-refractivity contribution < 1.29 is 14.3 Å². The topological polar surface area (TPSA) is 79.8 Å². The molecule has 0 saturated heterocycles. The standard InChI is InChI=1S/C16H13Cl2N3O3/c1-24-14-7-6-12(18)8-13(14)20-15(22)16(23)21-19-9-10-2-4-11(17)5-3-10/h2-9H,1H3,(H,20,22)(H,21,23)/b19-9-. The molecule has 2 aromatic rings. The van der Waals surface area contributed by atoms with Gasteiger partial charge >= 0.3 is 11.8 Å². The lowest BCUT2D eigenvalue weighted by Crippen LogP contribution is -2.32. The summed E-state index contributed by atoms with van der Waals surface area (Å²) >= 11 is 11.6. The van der Waals surface area contributed by atoms with Gasteiger partial charge < -0.3 is 10.1 Å². The molecule has 0 spiro atoms. The Kier molecular flexibility index (Phi) is 6.17. The van der Waals surface area contributed by atoms with Crippen molar-refractivity contribution in [2.75, 3.05) is 12.4 Å². The van der Waals surface area contributed by atoms with Gasteiger partial charge in [-0.2, -0.15) is 5.10 Å². The number of benzene rings is 2. The van der Waals surface area contributed by atoms with Crippen LogP contribution in [0.3, 0.4) is 0 Å². The summed E-state index contributed by atoms with van der Waals surface area (Å²) < 4.78 is 5.08. The van der Waals surface area contributed by atoms with Crippen LogP contribution in [0.2, 0.25) is 10.0 Å². The maximum absolute atomic E-state index is 11.9. The minimum absolute atomic E-state index is 0.284. The number of carbonyl (C=O) groups excluding carboxylic acids is 2. The van der Waals surface area contributed by atoms with E-state index in [1.165, 1.54) is 19.4 Å². The van der Waals surface area contributed by atoms with Gasteiger partial charge in [-0.1, -0.05) is 35.3 Å². The van der Waals surface area contributed by atoms with Crippen molar-refractivity contribution in [1.82, 2.24) is 5.43 Å². The summed E-state index contributed by atoms with van der Waals surface area (Å²) in [5.74, 6) is -1.45. The fourth-order valence-corrected chi connectivity index (χ4v) is 2.02. The van der Waals surface area contributed by atoms with Gasteiger partial charge in [-0.15, -0.1) is 0 Å². The van der Waals surface area contributed by atoms with Crippen LogP contribution < -0.4 is 15.5 Å². The molecule has 0 aliphatic rings. The van der Waals surface area contributed by atoms with Gasteiger partial charge in [0.2, 0.25) is 0 Å². The van der Waals surface area contributed by atoms with Crippen LogP contribution in [0.4, 0.5) is 5.69 Å². The molecule has 24 heavy (non-hydrogen) atoms. The van der Waals surface area contributed by atoms with Gasteiger partial charge in [0.15, 0.2) is 0 Å². The number of anilines is 1. The second kappa shape index (κ2) is 8.33. The number of rotatable bonds is 4. The Bertz CT molecular complexity index is 777. The molecule has 0 unspecified atom stereocenters. The third kappa shape index (κ3) is 4.97. The quantitative estimate of drug-likeness (QED) is 0.496. The van der Waals surface area contributed by atoms with Crippen LogP contribution >= 0.6 is 23.2 Å². The fourth-order valence-electron chi connectivity index (χ4n) is 1.72. The molecular formula is C16H13Cl2N3O3. The Hall–Kier alpha value is -2.57. The van der Waals surface area contributed by atoms with Gasteiger partial charge in [0.1, 0.15) is 5.75 Å². The molecule has 2 rings (SSSR count). The molecule has 0 bridgehead atoms. The van der Waals surface area contributed by atoms with Gasteiger partial charge in [-0.3, -0.25) is 9.59 Å². The zero-order chi connectivity index (χ0) is 17.5. The molecule has 0 aromatic heterocycles. The van der Waals surface area contributed by atoms with E-state index in [9.17, 15) is 9.59 Å². The maximum Gasteiger partial charge on any atom is 0.329 e. The number of carbonyl (C=O) groups is 2. The average Bonchev–Trinajstić information content (AvgIpc) is 2.56. The molecule has 0 aliphatic carbocycles. The first-order chi connectivity index (χ1) is 11.5. The summed E-state index contributed by atoms with van der Waals surface area (Å²) in [5, 5.41) is 7.10. The normalized spacial score (nSPS) is 10.5. The van der Waals surface area contributed by atoms with E-state index >= 15 is 0 Å². The lowest BCUT2D eigenvalue weighted by atomic mass is 10.2. The van der Waals surface area contributed by atoms with Crippen LogP contribution in [0.25, 0.3) is 0 Å². The molecular weight excluding hydrogens is 353 g/mol. The summed E-state index contributed by atoms with van der Waals surface area (Å²) in [6, 6.07) is 11.5. The lowest BCUT2D eigenvalue weighted by molar-refractivity contribution is -0.136. The van der Waals surface area contributed by atoms with Crippen molar-refractivity contribution in [2.45, 2.75) is 0 Å². The zero-order valence-electron chi connectivity index (χ0n) is 12.5. The Morgan fingerprint density at radius 1 is 1.04 bits per heavy atom. The number of ether oxygens (including phenoxy) is 1. The van der Waals surface area contributed by atoms with E-state index in [4.69, 9.17) is 27.9 Å². The summed E-state index contributed by atoms with van der Waals surface area (Å²) in [4.78, 5) is 23.6. The Balaban J connectivity index is 1.96. The molecule has 2 amide bonds. The highest BCUT2D eigenvalue weighted by atomic mass is 35.5. The largest absolute Gasteiger partial charge is 0.495 e. The smallest absolute Gasteiger partial charge is 0.329 e. The van der Waals surface area contributed by atoms with E-state index in [0.29, 0.717) is 15.8 Å². The molecule has 0 aliphatic heterocycles. The second-order valence-electron chi connectivity index (χ2n) is 4.55. The minimum atomic E-state index is -0.928. The maximum atomic E-state index is 11.9. The summed E-state index contributed by atoms with van der Waals surface area (Å²) in [6.07, 6.45) is 1.39. The van der Waals surface area contributed by atoms with E-state index in [2.05, 4.69) is 15.8 Å². The molecule has 0 heterocycles. The number of hydrogen-bond donors (Lipinski definition) is 2. The number of nitrogens with zero attached hydrogens (tertiary/aromatic N) is 1. The predicted octanol–water partition coefficient (Wildman–Crippen LogP) is 3.09. The van der Waals surface area contributed by atoms with Crippen molar-refractivity contribution >= 4 is 46.9 Å². The zero-order valence-corrected chi connectivity index (χ0v) is 14.1. The molecule has 0 radical (unpaired) electrons. The first-order valence-corrected chi connectivity index (χ1v) is 7.48. The van der Waals surface area contributed by atoms with Crippen molar-refractivity contribution in [3.63, 3.8) is 0 Å². The summed E-state index contributed by atoms with van der Waals surface area (Å²) in [5.41, 5.74) is 3.13. The van der Waals surface area contributed by atoms with Gasteiger partial charge in [0.25, 0.3) is 0 Å². The van der Waals surface area contributed by atoms with E-state index in [1.807, 2.05) is 0 Å². The minimum Gasteiger partial charge on any atom is -0.495 e. The van der Waals surface area contributed by atoms with Gasteiger partial charge in [-0.25, -0.2) is 5.43 Å². The third-order valence-electron chi connectivity index (χ3n) is 2.87. The van der Waals surface area contributed by atoms with E-state index in [-0.39, 0.29) is 5.69 Å². The highest BCUT2D eigenvalue weighted by Crippen LogP contribution is 2.27. The number of amides is 2. The molecule has 0 saturated carbocycles. The predicted molar refractivity (Wildman–Crippen MR) is 93.8 cm³/mol. The number of halogens is 2. The highest BCUT2D eigenvalue weighted by Gasteiger charge is 2.15. The Morgan fingerprint density at radius 3 is 2.38 bits per heavy atom. The average molecular weight is 366 g/mol. The number of hydrazone groups is 1. The Labute approximate surface area is 148 Å². The summed E-state index contributed by atoms with van der Waals surface area (Å²) in [6.45, 7) is 0. The fraction of sp³-hybridized carbons (Fsp3) is 0.0625. The molecule has 124 valence electrons. The Morgan fingerprint density at radius 2 is 1.71 bits per heavy atom. The van der Waals surface area contributed by atoms with Gasteiger partial charge in [0.05, 0.1) is 19.0 Å². The SMILES string of the molecule is COc1ccc(Cl)cc1NC(=O)C(=O)N/N=C\c1ccc(Cl)cc1. The van der Waals surface area contributed by atoms with Crippen molar-refractivity contribution in [3.05, 3.63) is 58.1 Å². The van der Waals surface area contributed by atoms with Crippen LogP contribution in [0.5, 0.6) is 5.75 Å². The van der Waals surface area contributed by atoms with Gasteiger partial charge in [-0.05, 0) is 35.9 Å². The first-order valence-electron chi connectivity index (χ1n) is 6.73. The van der Waals surface area contributed by atoms with Crippen LogP contribution in [-0.4, -0.2) is 25.1 Å². The third-order valence-corrected chi connectivity index (χ3v) is 3.35. The van der Waals surface area contributed by atoms with Gasteiger partial charge in [0, 0.05) is 10.0 Å². The van der Waals surface area contributed by atoms with E-state index in [1.54, 1.807) is 36.4 Å². The van der Waals surface area contributed by atoms with Crippen molar-refractivity contribution in [1.29, 1.82) is 0 Å². The van der Waals surface area contributed by atoms with Crippen LogP contribution in [0.1, 0.15) is 5.56 Å². The molecule has 2 N–H and O–H groups in total. The summed E-state index contributed by atoms with van der Waals surface area (Å²) in [7, 11) is 1.44. The number of hydrogen-bond acceptors (Lipinski definition) is 4. The van der Waals surface area contributed by atoms with Crippen LogP contribution in [0.15, 0.2) is 47.6 Å². The van der Waals surface area contributed by atoms with Crippen molar-refractivity contribution in [3.8, 4) is 5.75 Å². The molecule has 2 aromatic carbocycles. The highest BCUT2D eigenvalue weighted by molar-refractivity contribution is 6.40. The molecule has 0 fully saturated rings. The lowest BCUT2D eigenvalue weighted by Gasteiger charge is -2.09. The molecule has 6 nitrogen and oxygen atoms in total. The van der Waals surface area contributed by atoms with Crippen molar-refractivity contribution in [2.24, 2.45) is 5.10 Å². The van der Waals surface area contributed by atoms with Crippen LogP contribution in [-0.2, 0) is 9.59 Å². The van der Waals surface area contributed by atoms with E-state index < -0.39 is 11.8 Å². The molecule has 0 atom stereocenters. The monoisotopic (exact) mass is 365 g/mol. The first kappa shape index (κ1) is 17.8. The number of nitrogens with one attached hydrogen (secondary N) is 2. The van der Waals surface area contributed by atoms with Crippen LogP contribution in [0, 0.1) is 0 Å². The second-order valence-corrected chi connectivity index (χ2v) is 5.42. The number of methoxy groups -OCH3 is 1.